The van der Waals surface area contributed by atoms with Crippen molar-refractivity contribution in [2.75, 3.05) is 6.54 Å². The van der Waals surface area contributed by atoms with E-state index in [0.29, 0.717) is 11.3 Å². The maximum atomic E-state index is 12.3. The van der Waals surface area contributed by atoms with E-state index < -0.39 is 0 Å². The van der Waals surface area contributed by atoms with Crippen LogP contribution in [0.25, 0.3) is 0 Å². The number of hydrogen-bond donors (Lipinski definition) is 1. The van der Waals surface area contributed by atoms with Gasteiger partial charge in [-0.25, -0.2) is 4.68 Å². The summed E-state index contributed by atoms with van der Waals surface area (Å²) in [5, 5.41) is 10.8. The van der Waals surface area contributed by atoms with Crippen LogP contribution in [0.3, 0.4) is 0 Å². The molecule has 0 unspecified atom stereocenters. The standard InChI is InChI=1S/C13H14N4O/c1-17-12(8-15-16-17)13(18)10-3-2-9-4-5-14-7-11(9)6-10/h2-3,6,8,14H,4-5,7H2,1H3. The zero-order valence-corrected chi connectivity index (χ0v) is 10.2. The van der Waals surface area contributed by atoms with E-state index in [1.54, 1.807) is 7.05 Å². The maximum absolute atomic E-state index is 12.3. The van der Waals surface area contributed by atoms with Crippen LogP contribution in [0.2, 0.25) is 0 Å². The second-order valence-electron chi connectivity index (χ2n) is 4.48. The average Bonchev–Trinajstić information content (AvgIpc) is 2.83. The summed E-state index contributed by atoms with van der Waals surface area (Å²) in [5.74, 6) is -0.0316. The van der Waals surface area contributed by atoms with Crippen LogP contribution >= 0.6 is 0 Å². The molecule has 0 amide bonds. The molecule has 2 heterocycles. The number of aromatic nitrogens is 3. The number of carbonyl (C=O) groups excluding carboxylic acids is 1. The van der Waals surface area contributed by atoms with Crippen LogP contribution in [0.5, 0.6) is 0 Å². The largest absolute Gasteiger partial charge is 0.312 e. The number of nitrogens with one attached hydrogen (secondary N) is 1. The first kappa shape index (κ1) is 11.1. The number of fused-ring (bicyclic) bond motifs is 1. The summed E-state index contributed by atoms with van der Waals surface area (Å²) in [4.78, 5) is 12.3. The first-order chi connectivity index (χ1) is 8.75. The average molecular weight is 242 g/mol. The van der Waals surface area contributed by atoms with E-state index in [1.807, 2.05) is 18.2 Å². The second kappa shape index (κ2) is 4.34. The van der Waals surface area contributed by atoms with Gasteiger partial charge < -0.3 is 5.32 Å². The number of ketones is 1. The van der Waals surface area contributed by atoms with Crippen molar-refractivity contribution in [1.29, 1.82) is 0 Å². The number of hydrogen-bond acceptors (Lipinski definition) is 4. The minimum atomic E-state index is -0.0316. The minimum absolute atomic E-state index is 0.0316. The predicted molar refractivity (Wildman–Crippen MR) is 66.3 cm³/mol. The molecule has 0 bridgehead atoms. The maximum Gasteiger partial charge on any atom is 0.212 e. The molecule has 0 fully saturated rings. The molecule has 0 saturated carbocycles. The lowest BCUT2D eigenvalue weighted by molar-refractivity contribution is 0.103. The minimum Gasteiger partial charge on any atom is -0.312 e. The van der Waals surface area contributed by atoms with Crippen LogP contribution in [-0.2, 0) is 20.0 Å². The fourth-order valence-corrected chi connectivity index (χ4v) is 2.26. The summed E-state index contributed by atoms with van der Waals surface area (Å²) in [5.41, 5.74) is 3.75. The van der Waals surface area contributed by atoms with Crippen molar-refractivity contribution in [1.82, 2.24) is 20.3 Å². The van der Waals surface area contributed by atoms with E-state index in [4.69, 9.17) is 0 Å². The van der Waals surface area contributed by atoms with E-state index in [2.05, 4.69) is 15.6 Å². The highest BCUT2D eigenvalue weighted by Gasteiger charge is 2.16. The van der Waals surface area contributed by atoms with Crippen molar-refractivity contribution in [2.45, 2.75) is 13.0 Å². The Hall–Kier alpha value is -2.01. The third kappa shape index (κ3) is 1.82. The first-order valence-electron chi connectivity index (χ1n) is 5.97. The van der Waals surface area contributed by atoms with Gasteiger partial charge in [-0.05, 0) is 30.2 Å². The van der Waals surface area contributed by atoms with Crippen molar-refractivity contribution in [3.63, 3.8) is 0 Å². The van der Waals surface area contributed by atoms with Gasteiger partial charge in [-0.15, -0.1) is 5.10 Å². The third-order valence-electron chi connectivity index (χ3n) is 3.30. The molecule has 0 spiro atoms. The Labute approximate surface area is 105 Å². The smallest absolute Gasteiger partial charge is 0.212 e. The molecule has 0 atom stereocenters. The summed E-state index contributed by atoms with van der Waals surface area (Å²) in [7, 11) is 1.72. The Kier molecular flexibility index (Phi) is 2.68. The molecule has 18 heavy (non-hydrogen) atoms. The van der Waals surface area contributed by atoms with E-state index in [0.717, 1.165) is 19.5 Å². The summed E-state index contributed by atoms with van der Waals surface area (Å²) >= 11 is 0. The summed E-state index contributed by atoms with van der Waals surface area (Å²) in [6.07, 6.45) is 2.52. The van der Waals surface area contributed by atoms with Gasteiger partial charge in [0, 0.05) is 19.2 Å². The van der Waals surface area contributed by atoms with E-state index in [-0.39, 0.29) is 5.78 Å². The molecule has 0 radical (unpaired) electrons. The van der Waals surface area contributed by atoms with Gasteiger partial charge in [0.15, 0.2) is 0 Å². The number of carbonyl (C=O) groups is 1. The molecule has 1 N–H and O–H groups in total. The highest BCUT2D eigenvalue weighted by atomic mass is 16.1. The molecule has 0 saturated heterocycles. The van der Waals surface area contributed by atoms with Crippen molar-refractivity contribution in [3.05, 3.63) is 46.8 Å². The normalized spacial score (nSPS) is 14.3. The van der Waals surface area contributed by atoms with Gasteiger partial charge in [0.1, 0.15) is 5.69 Å². The molecule has 1 aromatic carbocycles. The molecule has 5 heteroatoms. The number of rotatable bonds is 2. The molecule has 3 rings (SSSR count). The van der Waals surface area contributed by atoms with Gasteiger partial charge in [0.25, 0.3) is 0 Å². The molecule has 5 nitrogen and oxygen atoms in total. The Morgan fingerprint density at radius 3 is 3.06 bits per heavy atom. The van der Waals surface area contributed by atoms with Crippen molar-refractivity contribution >= 4 is 5.78 Å². The lowest BCUT2D eigenvalue weighted by atomic mass is 9.96. The Morgan fingerprint density at radius 1 is 1.39 bits per heavy atom. The molecule has 92 valence electrons. The summed E-state index contributed by atoms with van der Waals surface area (Å²) < 4.78 is 1.50. The molecule has 1 aromatic heterocycles. The van der Waals surface area contributed by atoms with E-state index in [1.165, 1.54) is 22.0 Å². The topological polar surface area (TPSA) is 59.8 Å². The van der Waals surface area contributed by atoms with Gasteiger partial charge >= 0.3 is 0 Å². The lowest BCUT2D eigenvalue weighted by Crippen LogP contribution is -2.24. The van der Waals surface area contributed by atoms with Crippen LogP contribution in [0.4, 0.5) is 0 Å². The quantitative estimate of drug-likeness (QED) is 0.787. The molecule has 1 aliphatic rings. The van der Waals surface area contributed by atoms with E-state index >= 15 is 0 Å². The highest BCUT2D eigenvalue weighted by Crippen LogP contribution is 2.17. The van der Waals surface area contributed by atoms with Crippen LogP contribution < -0.4 is 5.32 Å². The second-order valence-corrected chi connectivity index (χ2v) is 4.48. The summed E-state index contributed by atoms with van der Waals surface area (Å²) in [6.45, 7) is 1.84. The van der Waals surface area contributed by atoms with Crippen LogP contribution in [0, 0.1) is 0 Å². The zero-order chi connectivity index (χ0) is 12.5. The Morgan fingerprint density at radius 2 is 2.28 bits per heavy atom. The molecular formula is C13H14N4O. The SMILES string of the molecule is Cn1nncc1C(=O)c1ccc2c(c1)CNCC2. The van der Waals surface area contributed by atoms with Gasteiger partial charge in [-0.3, -0.25) is 4.79 Å². The molecular weight excluding hydrogens is 228 g/mol. The lowest BCUT2D eigenvalue weighted by Gasteiger charge is -2.17. The molecule has 0 aliphatic carbocycles. The monoisotopic (exact) mass is 242 g/mol. The van der Waals surface area contributed by atoms with E-state index in [9.17, 15) is 4.79 Å². The number of benzene rings is 1. The van der Waals surface area contributed by atoms with Crippen LogP contribution in [0.1, 0.15) is 27.2 Å². The van der Waals surface area contributed by atoms with Crippen LogP contribution in [0.15, 0.2) is 24.4 Å². The number of aryl methyl sites for hydroxylation is 1. The fourth-order valence-electron chi connectivity index (χ4n) is 2.26. The Balaban J connectivity index is 1.98. The van der Waals surface area contributed by atoms with Crippen LogP contribution in [-0.4, -0.2) is 27.3 Å². The summed E-state index contributed by atoms with van der Waals surface area (Å²) in [6, 6.07) is 5.91. The third-order valence-corrected chi connectivity index (χ3v) is 3.30. The van der Waals surface area contributed by atoms with Gasteiger partial charge in [-0.2, -0.15) is 0 Å². The van der Waals surface area contributed by atoms with Crippen molar-refractivity contribution < 1.29 is 4.79 Å². The predicted octanol–water partition coefficient (Wildman–Crippen LogP) is 0.692. The van der Waals surface area contributed by atoms with Gasteiger partial charge in [0.2, 0.25) is 5.78 Å². The van der Waals surface area contributed by atoms with Gasteiger partial charge in [-0.1, -0.05) is 17.3 Å². The highest BCUT2D eigenvalue weighted by molar-refractivity contribution is 6.07. The van der Waals surface area contributed by atoms with Crippen molar-refractivity contribution in [2.24, 2.45) is 7.05 Å². The zero-order valence-electron chi connectivity index (χ0n) is 10.2. The Bertz CT molecular complexity index is 603. The number of nitrogens with zero attached hydrogens (tertiary/aromatic N) is 3. The van der Waals surface area contributed by atoms with Gasteiger partial charge in [0.05, 0.1) is 6.20 Å². The first-order valence-corrected chi connectivity index (χ1v) is 5.97. The fraction of sp³-hybridized carbons (Fsp3) is 0.308. The molecule has 2 aromatic rings. The van der Waals surface area contributed by atoms with Crippen molar-refractivity contribution in [3.8, 4) is 0 Å². The molecule has 1 aliphatic heterocycles.